The Kier molecular flexibility index (Phi) is 5.00. The highest BCUT2D eigenvalue weighted by molar-refractivity contribution is 6.02. The second-order valence-corrected chi connectivity index (χ2v) is 9.56. The lowest BCUT2D eigenvalue weighted by molar-refractivity contribution is -0.139. The van der Waals surface area contributed by atoms with Crippen molar-refractivity contribution in [2.24, 2.45) is 21.5 Å². The molecule has 1 aromatic carbocycles. The minimum Gasteiger partial charge on any atom is -0.454 e. The van der Waals surface area contributed by atoms with Gasteiger partial charge in [-0.2, -0.15) is 0 Å². The third kappa shape index (κ3) is 3.10. The summed E-state index contributed by atoms with van der Waals surface area (Å²) < 4.78 is 10.8. The Morgan fingerprint density at radius 3 is 2.70 bits per heavy atom. The molecular formula is C22H26N8O7. The van der Waals surface area contributed by atoms with E-state index in [0.717, 1.165) is 4.90 Å². The van der Waals surface area contributed by atoms with E-state index in [-0.39, 0.29) is 67.8 Å². The first-order chi connectivity index (χ1) is 17.7. The standard InChI is InChI=1S/C22H26N8O7/c23-19-27-17-11(6-29-14(32)4-5-15(29)33)25-20(24)30-7-13(21(35,8-31)22(17,30)28-19)26-18(34)10-2-1-3-12-16(10)37-9-36-12/h1-3,11,13,17,31,35H,4-9H2,(H2,24,25)(H,26,34)(H3,23,27,28)/t11-,13?,17?,21+,22?/m0/s1. The second kappa shape index (κ2) is 7.94. The van der Waals surface area contributed by atoms with E-state index in [1.54, 1.807) is 18.2 Å². The van der Waals surface area contributed by atoms with Crippen LogP contribution in [0.15, 0.2) is 28.2 Å². The monoisotopic (exact) mass is 514 g/mol. The van der Waals surface area contributed by atoms with E-state index in [0.29, 0.717) is 5.75 Å². The highest BCUT2D eigenvalue weighted by Gasteiger charge is 2.73. The summed E-state index contributed by atoms with van der Waals surface area (Å²) >= 11 is 0. The van der Waals surface area contributed by atoms with E-state index in [9.17, 15) is 24.6 Å². The van der Waals surface area contributed by atoms with Gasteiger partial charge in [-0.3, -0.25) is 19.3 Å². The first-order valence-corrected chi connectivity index (χ1v) is 11.8. The van der Waals surface area contributed by atoms with Gasteiger partial charge in [0.15, 0.2) is 34.7 Å². The second-order valence-electron chi connectivity index (χ2n) is 9.56. The van der Waals surface area contributed by atoms with Gasteiger partial charge in [0, 0.05) is 19.4 Å². The van der Waals surface area contributed by atoms with Crippen molar-refractivity contribution in [3.8, 4) is 11.5 Å². The van der Waals surface area contributed by atoms with Gasteiger partial charge in [0.25, 0.3) is 5.91 Å². The maximum Gasteiger partial charge on any atom is 0.255 e. The van der Waals surface area contributed by atoms with Crippen molar-refractivity contribution < 1.29 is 34.1 Å². The summed E-state index contributed by atoms with van der Waals surface area (Å²) in [5, 5.41) is 28.3. The topological polar surface area (TPSA) is 217 Å². The van der Waals surface area contributed by atoms with Crippen molar-refractivity contribution in [1.82, 2.24) is 20.4 Å². The molecule has 0 bridgehead atoms. The number of hydrogen-bond acceptors (Lipinski definition) is 13. The van der Waals surface area contributed by atoms with Gasteiger partial charge < -0.3 is 46.7 Å². The molecule has 0 aromatic heterocycles. The largest absolute Gasteiger partial charge is 0.454 e. The summed E-state index contributed by atoms with van der Waals surface area (Å²) in [6.45, 7) is -1.01. The average molecular weight is 514 g/mol. The number of aliphatic hydroxyl groups excluding tert-OH is 1. The highest BCUT2D eigenvalue weighted by Crippen LogP contribution is 2.46. The van der Waals surface area contributed by atoms with Crippen LogP contribution in [-0.2, 0) is 9.59 Å². The number of aliphatic imine (C=N–C) groups is 2. The number of nitrogens with zero attached hydrogens (tertiary/aromatic N) is 4. The van der Waals surface area contributed by atoms with E-state index < -0.39 is 41.9 Å². The summed E-state index contributed by atoms with van der Waals surface area (Å²) in [4.78, 5) is 49.4. The molecule has 5 aliphatic heterocycles. The maximum atomic E-state index is 13.3. The molecule has 1 spiro atoms. The molecule has 5 aliphatic rings. The summed E-state index contributed by atoms with van der Waals surface area (Å²) in [7, 11) is 0. The van der Waals surface area contributed by atoms with E-state index in [4.69, 9.17) is 20.9 Å². The van der Waals surface area contributed by atoms with Gasteiger partial charge >= 0.3 is 0 Å². The molecule has 1 aromatic rings. The summed E-state index contributed by atoms with van der Waals surface area (Å²) in [6.07, 6.45) is 0.200. The fourth-order valence-electron chi connectivity index (χ4n) is 5.96. The number of rotatable bonds is 5. The van der Waals surface area contributed by atoms with E-state index in [2.05, 4.69) is 20.6 Å². The Hall–Kier alpha value is -4.11. The molecule has 2 saturated heterocycles. The number of nitrogens with one attached hydrogen (secondary N) is 2. The minimum atomic E-state index is -2.06. The molecule has 5 heterocycles. The molecule has 6 rings (SSSR count). The number of imide groups is 1. The van der Waals surface area contributed by atoms with Gasteiger partial charge in [-0.1, -0.05) is 6.07 Å². The molecule has 0 radical (unpaired) electrons. The third-order valence-electron chi connectivity index (χ3n) is 7.70. The predicted octanol–water partition coefficient (Wildman–Crippen LogP) is -3.62. The fourth-order valence-corrected chi connectivity index (χ4v) is 5.96. The number of aliphatic hydroxyl groups is 2. The van der Waals surface area contributed by atoms with Crippen molar-refractivity contribution >= 4 is 29.6 Å². The van der Waals surface area contributed by atoms with Gasteiger partial charge in [0.2, 0.25) is 18.6 Å². The number of hydrogen-bond donors (Lipinski definition) is 6. The van der Waals surface area contributed by atoms with Crippen molar-refractivity contribution in [3.63, 3.8) is 0 Å². The number of nitrogens with two attached hydrogens (primary N) is 2. The summed E-state index contributed by atoms with van der Waals surface area (Å²) in [5.41, 5.74) is 8.89. The number of amides is 3. The SMILES string of the molecule is NC1=NC2[C@H](CN3C(=O)CCC3=O)N=C(N)N3CC(NC(=O)c4cccc5c4OCO5)[C@](O)(CO)C23N1. The number of para-hydroxylation sites is 1. The van der Waals surface area contributed by atoms with Crippen LogP contribution in [-0.4, -0.2) is 106 Å². The molecule has 8 N–H and O–H groups in total. The predicted molar refractivity (Wildman–Crippen MR) is 125 cm³/mol. The van der Waals surface area contributed by atoms with Crippen LogP contribution < -0.4 is 31.6 Å². The lowest BCUT2D eigenvalue weighted by Crippen LogP contribution is -2.79. The van der Waals surface area contributed by atoms with Gasteiger partial charge in [0.05, 0.1) is 30.8 Å². The van der Waals surface area contributed by atoms with E-state index >= 15 is 0 Å². The molecule has 0 saturated carbocycles. The quantitative estimate of drug-likeness (QED) is 0.211. The molecule has 196 valence electrons. The molecule has 0 aliphatic carbocycles. The van der Waals surface area contributed by atoms with Crippen LogP contribution >= 0.6 is 0 Å². The van der Waals surface area contributed by atoms with Crippen LogP contribution in [0.4, 0.5) is 0 Å². The highest BCUT2D eigenvalue weighted by atomic mass is 16.7. The zero-order valence-electron chi connectivity index (χ0n) is 19.6. The molecular weight excluding hydrogens is 488 g/mol. The number of benzene rings is 1. The summed E-state index contributed by atoms with van der Waals surface area (Å²) in [6, 6.07) is 1.98. The van der Waals surface area contributed by atoms with Crippen LogP contribution in [0.1, 0.15) is 23.2 Å². The number of ether oxygens (including phenoxy) is 2. The Morgan fingerprint density at radius 1 is 1.22 bits per heavy atom. The van der Waals surface area contributed by atoms with Crippen LogP contribution in [0.25, 0.3) is 0 Å². The molecule has 3 amide bonds. The molecule has 15 nitrogen and oxygen atoms in total. The zero-order chi connectivity index (χ0) is 26.1. The van der Waals surface area contributed by atoms with E-state index in [1.165, 1.54) is 4.90 Å². The molecule has 2 fully saturated rings. The van der Waals surface area contributed by atoms with Crippen molar-refractivity contribution in [1.29, 1.82) is 0 Å². The Morgan fingerprint density at radius 2 is 1.97 bits per heavy atom. The van der Waals surface area contributed by atoms with Gasteiger partial charge in [-0.05, 0) is 12.1 Å². The van der Waals surface area contributed by atoms with E-state index in [1.807, 2.05) is 0 Å². The zero-order valence-corrected chi connectivity index (χ0v) is 19.6. The number of carbonyl (C=O) groups excluding carboxylic acids is 3. The first kappa shape index (κ1) is 23.3. The number of carbonyl (C=O) groups is 3. The Balaban J connectivity index is 1.35. The fraction of sp³-hybridized carbons (Fsp3) is 0.500. The third-order valence-corrected chi connectivity index (χ3v) is 7.70. The molecule has 5 atom stereocenters. The maximum absolute atomic E-state index is 13.3. The van der Waals surface area contributed by atoms with Crippen LogP contribution in [0, 0.1) is 0 Å². The van der Waals surface area contributed by atoms with Crippen molar-refractivity contribution in [2.75, 3.05) is 26.5 Å². The average Bonchev–Trinajstić information content (AvgIpc) is 3.62. The van der Waals surface area contributed by atoms with Gasteiger partial charge in [0.1, 0.15) is 6.04 Å². The summed E-state index contributed by atoms with van der Waals surface area (Å²) in [5.74, 6) is -0.641. The van der Waals surface area contributed by atoms with Gasteiger partial charge in [-0.25, -0.2) is 9.98 Å². The van der Waals surface area contributed by atoms with Crippen molar-refractivity contribution in [3.05, 3.63) is 23.8 Å². The van der Waals surface area contributed by atoms with Crippen molar-refractivity contribution in [2.45, 2.75) is 42.2 Å². The van der Waals surface area contributed by atoms with Crippen LogP contribution in [0.5, 0.6) is 11.5 Å². The molecule has 37 heavy (non-hydrogen) atoms. The van der Waals surface area contributed by atoms with Gasteiger partial charge in [-0.15, -0.1) is 0 Å². The number of guanidine groups is 2. The molecule has 3 unspecified atom stereocenters. The lowest BCUT2D eigenvalue weighted by Gasteiger charge is -2.51. The Labute approximate surface area is 210 Å². The molecule has 15 heteroatoms. The number of fused-ring (bicyclic) bond motifs is 1. The first-order valence-electron chi connectivity index (χ1n) is 11.8. The van der Waals surface area contributed by atoms with Crippen LogP contribution in [0.3, 0.4) is 0 Å². The number of likely N-dealkylation sites (tertiary alicyclic amines) is 1. The normalized spacial score (nSPS) is 33.6. The smallest absolute Gasteiger partial charge is 0.255 e. The minimum absolute atomic E-state index is 0.0286. The lowest BCUT2D eigenvalue weighted by atomic mass is 9.77. The Bertz CT molecular complexity index is 1250. The van der Waals surface area contributed by atoms with Crippen LogP contribution in [0.2, 0.25) is 0 Å².